The van der Waals surface area contributed by atoms with Crippen LogP contribution in [0.4, 0.5) is 0 Å². The van der Waals surface area contributed by atoms with E-state index in [1.165, 1.54) is 12.1 Å². The average Bonchev–Trinajstić information content (AvgIpc) is 2.24. The maximum atomic E-state index is 11.8. The molecule has 0 unspecified atom stereocenters. The van der Waals surface area contributed by atoms with Gasteiger partial charge in [-0.05, 0) is 17.7 Å². The molecule has 0 radical (unpaired) electrons. The molecular weight excluding hydrogens is 240 g/mol. The molecule has 17 heavy (non-hydrogen) atoms. The Kier molecular flexibility index (Phi) is 2.77. The van der Waals surface area contributed by atoms with E-state index in [0.29, 0.717) is 16.0 Å². The predicted molar refractivity (Wildman–Crippen MR) is 64.5 cm³/mol. The van der Waals surface area contributed by atoms with Gasteiger partial charge in [-0.15, -0.1) is 0 Å². The van der Waals surface area contributed by atoms with Gasteiger partial charge in [0.05, 0.1) is 12.0 Å². The van der Waals surface area contributed by atoms with Gasteiger partial charge in [-0.3, -0.25) is 9.59 Å². The quantitative estimate of drug-likeness (QED) is 0.779. The summed E-state index contributed by atoms with van der Waals surface area (Å²) < 4.78 is 0. The number of allylic oxidation sites excluding steroid dienone is 1. The van der Waals surface area contributed by atoms with E-state index in [1.807, 2.05) is 0 Å². The van der Waals surface area contributed by atoms with Crippen molar-refractivity contribution in [1.82, 2.24) is 0 Å². The average molecular weight is 248 g/mol. The minimum atomic E-state index is -1.05. The van der Waals surface area contributed by atoms with Gasteiger partial charge in [0.25, 0.3) is 0 Å². The van der Waals surface area contributed by atoms with Crippen molar-refractivity contribution < 1.29 is 19.8 Å². The molecule has 0 aromatic heterocycles. The maximum Gasteiger partial charge on any atom is 0.307 e. The first-order valence-corrected chi connectivity index (χ1v) is 5.25. The molecule has 0 amide bonds. The molecule has 86 valence electrons. The van der Waals surface area contributed by atoms with E-state index < -0.39 is 11.8 Å². The number of phenols is 1. The lowest BCUT2D eigenvalue weighted by atomic mass is 9.88. The molecule has 0 saturated carbocycles. The molecule has 1 aromatic carbocycles. The van der Waals surface area contributed by atoms with Gasteiger partial charge in [-0.2, -0.15) is 0 Å². The van der Waals surface area contributed by atoms with Crippen molar-refractivity contribution in [2.45, 2.75) is 6.42 Å². The Bertz CT molecular complexity index is 572. The van der Waals surface area contributed by atoms with Crippen LogP contribution in [0.5, 0.6) is 5.75 Å². The number of aromatic hydroxyl groups is 1. The van der Waals surface area contributed by atoms with Crippen LogP contribution in [0.2, 0.25) is 0 Å². The van der Waals surface area contributed by atoms with E-state index in [0.717, 1.165) is 0 Å². The number of ketones is 1. The summed E-state index contributed by atoms with van der Waals surface area (Å²) >= 11 is 5.12. The summed E-state index contributed by atoms with van der Waals surface area (Å²) in [5.41, 5.74) is 0.867. The monoisotopic (exact) mass is 248 g/mol. The highest BCUT2D eigenvalue weighted by Gasteiger charge is 2.25. The number of hydrogen-bond acceptors (Lipinski definition) is 4. The van der Waals surface area contributed by atoms with Crippen molar-refractivity contribution >= 4 is 28.8 Å². The molecule has 1 aliphatic carbocycles. The summed E-state index contributed by atoms with van der Waals surface area (Å²) in [5, 5.41) is 18.3. The van der Waals surface area contributed by atoms with Crippen LogP contribution in [-0.2, 0) is 4.79 Å². The molecule has 5 heteroatoms. The first-order chi connectivity index (χ1) is 8.00. The van der Waals surface area contributed by atoms with Crippen molar-refractivity contribution in [2.24, 2.45) is 0 Å². The number of thiocarbonyl (C=S) groups is 1. The Morgan fingerprint density at radius 3 is 2.71 bits per heavy atom. The normalized spacial score (nSPS) is 14.2. The van der Waals surface area contributed by atoms with Crippen LogP contribution in [0.1, 0.15) is 22.3 Å². The van der Waals surface area contributed by atoms with Crippen LogP contribution >= 0.6 is 12.2 Å². The molecule has 0 fully saturated rings. The van der Waals surface area contributed by atoms with Gasteiger partial charge in [0.15, 0.2) is 5.78 Å². The van der Waals surface area contributed by atoms with E-state index in [9.17, 15) is 14.7 Å². The molecule has 2 rings (SSSR count). The molecule has 1 aromatic rings. The Balaban J connectivity index is 2.53. The Morgan fingerprint density at radius 1 is 1.35 bits per heavy atom. The summed E-state index contributed by atoms with van der Waals surface area (Å²) in [7, 11) is 0. The molecule has 1 aliphatic rings. The number of phenolic OH excluding ortho intramolecular Hbond substituents is 1. The van der Waals surface area contributed by atoms with Gasteiger partial charge < -0.3 is 10.2 Å². The minimum absolute atomic E-state index is 0.138. The number of fused-ring (bicyclic) bond motifs is 1. The molecular formula is C12H8O4S. The van der Waals surface area contributed by atoms with Crippen molar-refractivity contribution in [2.75, 3.05) is 0 Å². The first-order valence-electron chi connectivity index (χ1n) is 4.84. The molecule has 2 N–H and O–H groups in total. The van der Waals surface area contributed by atoms with Gasteiger partial charge in [-0.1, -0.05) is 24.4 Å². The van der Waals surface area contributed by atoms with E-state index in [4.69, 9.17) is 17.3 Å². The maximum absolute atomic E-state index is 11.8. The molecule has 0 heterocycles. The lowest BCUT2D eigenvalue weighted by molar-refractivity contribution is -0.136. The highest BCUT2D eigenvalue weighted by Crippen LogP contribution is 2.29. The zero-order chi connectivity index (χ0) is 12.6. The fraction of sp³-hybridized carbons (Fsp3) is 0.0833. The fourth-order valence-electron chi connectivity index (χ4n) is 1.75. The largest absolute Gasteiger partial charge is 0.507 e. The topological polar surface area (TPSA) is 74.6 Å². The van der Waals surface area contributed by atoms with Crippen molar-refractivity contribution in [3.8, 4) is 5.75 Å². The Labute approximate surface area is 102 Å². The van der Waals surface area contributed by atoms with Crippen LogP contribution in [0.15, 0.2) is 29.8 Å². The number of benzene rings is 1. The van der Waals surface area contributed by atoms with Crippen LogP contribution in [-0.4, -0.2) is 26.8 Å². The number of carboxylic acids is 1. The number of rotatable bonds is 2. The summed E-state index contributed by atoms with van der Waals surface area (Å²) in [6.45, 7) is 0. The van der Waals surface area contributed by atoms with E-state index in [-0.39, 0.29) is 17.7 Å². The zero-order valence-electron chi connectivity index (χ0n) is 8.64. The standard InChI is InChI=1S/C12H8O4S/c13-8-3-1-2-7-11(8)9(14)4-6(12(7)17)5-10(15)16/h1-4,13H,5H2,(H,15,16). The summed E-state index contributed by atoms with van der Waals surface area (Å²) in [6.07, 6.45) is 0.887. The van der Waals surface area contributed by atoms with Crippen LogP contribution < -0.4 is 0 Å². The molecule has 4 nitrogen and oxygen atoms in total. The second-order valence-electron chi connectivity index (χ2n) is 3.63. The SMILES string of the molecule is O=C(O)CC1=CC(=O)c2c(O)cccc2C1=S. The van der Waals surface area contributed by atoms with Gasteiger partial charge >= 0.3 is 5.97 Å². The van der Waals surface area contributed by atoms with Gasteiger partial charge in [0.1, 0.15) is 5.75 Å². The molecule has 0 spiro atoms. The lowest BCUT2D eigenvalue weighted by Crippen LogP contribution is -2.18. The number of aliphatic carboxylic acids is 1. The first kappa shape index (κ1) is 11.5. The third-order valence-electron chi connectivity index (χ3n) is 2.47. The van der Waals surface area contributed by atoms with Crippen molar-refractivity contribution in [1.29, 1.82) is 0 Å². The highest BCUT2D eigenvalue weighted by atomic mass is 32.1. The lowest BCUT2D eigenvalue weighted by Gasteiger charge is -2.17. The van der Waals surface area contributed by atoms with E-state index >= 15 is 0 Å². The number of carbonyl (C=O) groups is 2. The molecule has 0 saturated heterocycles. The Morgan fingerprint density at radius 2 is 2.06 bits per heavy atom. The number of carbonyl (C=O) groups excluding carboxylic acids is 1. The summed E-state index contributed by atoms with van der Waals surface area (Å²) in [6, 6.07) is 4.57. The van der Waals surface area contributed by atoms with Crippen LogP contribution in [0.25, 0.3) is 0 Å². The van der Waals surface area contributed by atoms with Crippen molar-refractivity contribution in [3.63, 3.8) is 0 Å². The Hall–Kier alpha value is -2.01. The minimum Gasteiger partial charge on any atom is -0.507 e. The fourth-order valence-corrected chi connectivity index (χ4v) is 2.05. The third kappa shape index (κ3) is 1.97. The zero-order valence-corrected chi connectivity index (χ0v) is 9.45. The molecule has 0 bridgehead atoms. The van der Waals surface area contributed by atoms with Crippen molar-refractivity contribution in [3.05, 3.63) is 41.0 Å². The van der Waals surface area contributed by atoms with Crippen LogP contribution in [0.3, 0.4) is 0 Å². The third-order valence-corrected chi connectivity index (χ3v) is 2.95. The summed E-state index contributed by atoms with van der Waals surface area (Å²) in [5.74, 6) is -1.60. The second-order valence-corrected chi connectivity index (χ2v) is 4.04. The summed E-state index contributed by atoms with van der Waals surface area (Å²) in [4.78, 5) is 22.7. The van der Waals surface area contributed by atoms with E-state index in [2.05, 4.69) is 0 Å². The molecule has 0 aliphatic heterocycles. The van der Waals surface area contributed by atoms with Crippen LogP contribution in [0, 0.1) is 0 Å². The second kappa shape index (κ2) is 4.10. The molecule has 0 atom stereocenters. The number of hydrogen-bond donors (Lipinski definition) is 2. The van der Waals surface area contributed by atoms with E-state index in [1.54, 1.807) is 12.1 Å². The smallest absolute Gasteiger partial charge is 0.307 e. The van der Waals surface area contributed by atoms with Gasteiger partial charge in [0.2, 0.25) is 0 Å². The van der Waals surface area contributed by atoms with Gasteiger partial charge in [-0.25, -0.2) is 0 Å². The highest BCUT2D eigenvalue weighted by molar-refractivity contribution is 7.81. The van der Waals surface area contributed by atoms with Gasteiger partial charge in [0, 0.05) is 10.4 Å². The predicted octanol–water partition coefficient (Wildman–Crippen LogP) is 1.71. The number of carboxylic acid groups (broad SMARTS) is 1.